The quantitative estimate of drug-likeness (QED) is 0.640. The van der Waals surface area contributed by atoms with E-state index < -0.39 is 11.6 Å². The summed E-state index contributed by atoms with van der Waals surface area (Å²) in [5.74, 6) is 0.665. The third-order valence-electron chi connectivity index (χ3n) is 3.44. The lowest BCUT2D eigenvalue weighted by Crippen LogP contribution is -2.15. The van der Waals surface area contributed by atoms with Crippen molar-refractivity contribution in [2.75, 3.05) is 20.3 Å². The highest BCUT2D eigenvalue weighted by molar-refractivity contribution is 6.07. The predicted octanol–water partition coefficient (Wildman–Crippen LogP) is 3.50. The molecule has 1 aliphatic heterocycles. The summed E-state index contributed by atoms with van der Waals surface area (Å²) in [5.41, 5.74) is 0.774. The van der Waals surface area contributed by atoms with Crippen LogP contribution in [0.25, 0.3) is 6.08 Å². The number of methoxy groups -OCH3 is 1. The molecule has 0 bridgehead atoms. The first-order valence-corrected chi connectivity index (χ1v) is 7.13. The van der Waals surface area contributed by atoms with Crippen LogP contribution >= 0.6 is 0 Å². The average Bonchev–Trinajstić information content (AvgIpc) is 2.59. The average molecular weight is 314 g/mol. The summed E-state index contributed by atoms with van der Waals surface area (Å²) in [6.07, 6.45) is 2.94. The van der Waals surface area contributed by atoms with Crippen molar-refractivity contribution in [2.24, 2.45) is 0 Å². The molecule has 5 heteroatoms. The summed E-state index contributed by atoms with van der Waals surface area (Å²) in [7, 11) is 1.44. The molecule has 118 valence electrons. The Morgan fingerprint density at radius 1 is 1.13 bits per heavy atom. The Balaban J connectivity index is 1.78. The summed E-state index contributed by atoms with van der Waals surface area (Å²) in [5, 5.41) is 0. The predicted molar refractivity (Wildman–Crippen MR) is 83.7 cm³/mol. The van der Waals surface area contributed by atoms with Gasteiger partial charge in [-0.2, -0.15) is 0 Å². The number of allylic oxidation sites excluding steroid dienone is 1. The fraction of sp³-hybridized carbons (Fsp3) is 0.167. The van der Waals surface area contributed by atoms with Crippen molar-refractivity contribution < 1.29 is 23.4 Å². The summed E-state index contributed by atoms with van der Waals surface area (Å²) >= 11 is 0. The van der Waals surface area contributed by atoms with Crippen LogP contribution < -0.4 is 14.2 Å². The molecule has 0 aliphatic carbocycles. The number of hydrogen-bond donors (Lipinski definition) is 0. The van der Waals surface area contributed by atoms with Gasteiger partial charge >= 0.3 is 0 Å². The SMILES string of the molecule is COc1ccc(C(=O)/C=C/c2ccc3c(c2)OCCO3)c(F)c1. The number of halogens is 1. The lowest BCUT2D eigenvalue weighted by Gasteiger charge is -2.18. The van der Waals surface area contributed by atoms with Crippen molar-refractivity contribution in [3.63, 3.8) is 0 Å². The zero-order valence-corrected chi connectivity index (χ0v) is 12.5. The highest BCUT2D eigenvalue weighted by atomic mass is 19.1. The molecule has 0 radical (unpaired) electrons. The molecule has 0 N–H and O–H groups in total. The fourth-order valence-corrected chi connectivity index (χ4v) is 2.25. The van der Waals surface area contributed by atoms with E-state index in [0.29, 0.717) is 30.5 Å². The maximum absolute atomic E-state index is 13.9. The molecule has 3 rings (SSSR count). The highest BCUT2D eigenvalue weighted by Gasteiger charge is 2.12. The molecule has 1 heterocycles. The maximum atomic E-state index is 13.9. The molecule has 0 unspecified atom stereocenters. The Bertz CT molecular complexity index is 768. The molecule has 23 heavy (non-hydrogen) atoms. The van der Waals surface area contributed by atoms with Gasteiger partial charge in [0.05, 0.1) is 12.7 Å². The number of ketones is 1. The molecule has 0 amide bonds. The van der Waals surface area contributed by atoms with Crippen LogP contribution in [0.3, 0.4) is 0 Å². The molecule has 2 aromatic rings. The van der Waals surface area contributed by atoms with E-state index in [1.165, 1.54) is 25.3 Å². The standard InChI is InChI=1S/C18H15FO4/c1-21-13-4-5-14(15(19)11-13)16(20)6-2-12-3-7-17-18(10-12)23-9-8-22-17/h2-7,10-11H,8-9H2,1H3/b6-2+. The van der Waals surface area contributed by atoms with E-state index in [1.54, 1.807) is 24.3 Å². The molecular weight excluding hydrogens is 299 g/mol. The Morgan fingerprint density at radius 2 is 1.91 bits per heavy atom. The van der Waals surface area contributed by atoms with Gasteiger partial charge in [-0.1, -0.05) is 12.1 Å². The lowest BCUT2D eigenvalue weighted by atomic mass is 10.1. The molecule has 0 aromatic heterocycles. The van der Waals surface area contributed by atoms with Crippen LogP contribution in [-0.4, -0.2) is 26.1 Å². The first-order chi connectivity index (χ1) is 11.2. The molecule has 4 nitrogen and oxygen atoms in total. The molecule has 0 saturated heterocycles. The second kappa shape index (κ2) is 6.52. The molecule has 2 aromatic carbocycles. The summed E-state index contributed by atoms with van der Waals surface area (Å²) in [6.45, 7) is 1.02. The fourth-order valence-electron chi connectivity index (χ4n) is 2.25. The topological polar surface area (TPSA) is 44.8 Å². The third kappa shape index (κ3) is 3.34. The van der Waals surface area contributed by atoms with E-state index in [4.69, 9.17) is 14.2 Å². The molecule has 0 atom stereocenters. The third-order valence-corrected chi connectivity index (χ3v) is 3.44. The van der Waals surface area contributed by atoms with Gasteiger partial charge in [0.2, 0.25) is 0 Å². The highest BCUT2D eigenvalue weighted by Crippen LogP contribution is 2.31. The van der Waals surface area contributed by atoms with Gasteiger partial charge in [0.15, 0.2) is 17.3 Å². The van der Waals surface area contributed by atoms with Gasteiger partial charge in [0, 0.05) is 6.07 Å². The van der Waals surface area contributed by atoms with Crippen molar-refractivity contribution >= 4 is 11.9 Å². The minimum absolute atomic E-state index is 0.000377. The van der Waals surface area contributed by atoms with Crippen LogP contribution in [0.4, 0.5) is 4.39 Å². The van der Waals surface area contributed by atoms with Crippen LogP contribution in [-0.2, 0) is 0 Å². The first-order valence-electron chi connectivity index (χ1n) is 7.13. The molecule has 0 spiro atoms. The summed E-state index contributed by atoms with van der Waals surface area (Å²) < 4.78 is 29.7. The van der Waals surface area contributed by atoms with Crippen LogP contribution in [0, 0.1) is 5.82 Å². The van der Waals surface area contributed by atoms with E-state index in [-0.39, 0.29) is 5.56 Å². The number of rotatable bonds is 4. The Labute approximate surface area is 133 Å². The number of hydrogen-bond acceptors (Lipinski definition) is 4. The van der Waals surface area contributed by atoms with Gasteiger partial charge in [-0.15, -0.1) is 0 Å². The number of carbonyl (C=O) groups excluding carboxylic acids is 1. The summed E-state index contributed by atoms with van der Waals surface area (Å²) in [6, 6.07) is 9.51. The van der Waals surface area contributed by atoms with Crippen molar-refractivity contribution in [3.8, 4) is 17.2 Å². The van der Waals surface area contributed by atoms with Crippen molar-refractivity contribution in [1.82, 2.24) is 0 Å². The van der Waals surface area contributed by atoms with Gasteiger partial charge < -0.3 is 14.2 Å². The number of fused-ring (bicyclic) bond motifs is 1. The number of ether oxygens (including phenoxy) is 3. The van der Waals surface area contributed by atoms with Crippen LogP contribution in [0.5, 0.6) is 17.2 Å². The van der Waals surface area contributed by atoms with Crippen molar-refractivity contribution in [1.29, 1.82) is 0 Å². The van der Waals surface area contributed by atoms with E-state index in [2.05, 4.69) is 0 Å². The van der Waals surface area contributed by atoms with Crippen LogP contribution in [0.1, 0.15) is 15.9 Å². The Morgan fingerprint density at radius 3 is 2.65 bits per heavy atom. The van der Waals surface area contributed by atoms with Gasteiger partial charge in [-0.25, -0.2) is 4.39 Å². The largest absolute Gasteiger partial charge is 0.497 e. The number of carbonyl (C=O) groups is 1. The van der Waals surface area contributed by atoms with Crippen LogP contribution in [0.15, 0.2) is 42.5 Å². The monoisotopic (exact) mass is 314 g/mol. The van der Waals surface area contributed by atoms with Gasteiger partial charge in [-0.05, 0) is 35.9 Å². The number of benzene rings is 2. The van der Waals surface area contributed by atoms with Gasteiger partial charge in [-0.3, -0.25) is 4.79 Å². The van der Waals surface area contributed by atoms with E-state index in [9.17, 15) is 9.18 Å². The molecule has 0 fully saturated rings. The van der Waals surface area contributed by atoms with Crippen LogP contribution in [0.2, 0.25) is 0 Å². The zero-order valence-electron chi connectivity index (χ0n) is 12.5. The molecule has 0 saturated carbocycles. The van der Waals surface area contributed by atoms with Gasteiger partial charge in [0.25, 0.3) is 0 Å². The summed E-state index contributed by atoms with van der Waals surface area (Å²) in [4.78, 5) is 12.1. The second-order valence-electron chi connectivity index (χ2n) is 4.95. The minimum Gasteiger partial charge on any atom is -0.497 e. The maximum Gasteiger partial charge on any atom is 0.188 e. The molecule has 1 aliphatic rings. The van der Waals surface area contributed by atoms with Gasteiger partial charge in [0.1, 0.15) is 24.8 Å². The zero-order chi connectivity index (χ0) is 16.2. The van der Waals surface area contributed by atoms with Crippen molar-refractivity contribution in [2.45, 2.75) is 0 Å². The minimum atomic E-state index is -0.610. The lowest BCUT2D eigenvalue weighted by molar-refractivity contribution is 0.104. The Hall–Kier alpha value is -2.82. The van der Waals surface area contributed by atoms with E-state index in [0.717, 1.165) is 5.56 Å². The van der Waals surface area contributed by atoms with E-state index in [1.807, 2.05) is 6.07 Å². The van der Waals surface area contributed by atoms with E-state index >= 15 is 0 Å². The Kier molecular flexibility index (Phi) is 4.28. The second-order valence-corrected chi connectivity index (χ2v) is 4.95. The normalized spacial score (nSPS) is 13.1. The first kappa shape index (κ1) is 15.1. The molecular formula is C18H15FO4. The van der Waals surface area contributed by atoms with Crippen molar-refractivity contribution in [3.05, 3.63) is 59.4 Å². The smallest absolute Gasteiger partial charge is 0.188 e.